The van der Waals surface area contributed by atoms with Crippen LogP contribution in [0.3, 0.4) is 0 Å². The van der Waals surface area contributed by atoms with Crippen molar-refractivity contribution in [2.75, 3.05) is 0 Å². The van der Waals surface area contributed by atoms with E-state index in [1.54, 1.807) is 12.3 Å². The summed E-state index contributed by atoms with van der Waals surface area (Å²) in [5.41, 5.74) is 7.02. The molecule has 0 radical (unpaired) electrons. The number of hydrogen-bond acceptors (Lipinski definition) is 2. The molecular formula is C11H14ClN3U. The van der Waals surface area contributed by atoms with Crippen molar-refractivity contribution < 1.29 is 31.1 Å². The van der Waals surface area contributed by atoms with Gasteiger partial charge < -0.3 is 16.6 Å². The molecule has 0 spiro atoms. The molecule has 2 aromatic rings. The Kier molecular flexibility index (Phi) is 8.13. The van der Waals surface area contributed by atoms with Gasteiger partial charge in [-0.05, 0) is 0 Å². The van der Waals surface area contributed by atoms with Gasteiger partial charge in [-0.2, -0.15) is 13.8 Å². The fourth-order valence-corrected chi connectivity index (χ4v) is 1.21. The molecule has 2 aromatic heterocycles. The van der Waals surface area contributed by atoms with Crippen LogP contribution >= 0.6 is 11.6 Å². The van der Waals surface area contributed by atoms with Crippen LogP contribution < -0.4 is 5.73 Å². The predicted octanol–water partition coefficient (Wildman–Crippen LogP) is 2.48. The Balaban J connectivity index is 0.000000511. The number of fused-ring (bicyclic) bond motifs is 1. The Bertz CT molecular complexity index is 428. The second-order valence-electron chi connectivity index (χ2n) is 3.05. The number of halogens is 1. The van der Waals surface area contributed by atoms with E-state index in [-0.39, 0.29) is 31.1 Å². The Morgan fingerprint density at radius 3 is 2.69 bits per heavy atom. The maximum Gasteiger partial charge on any atom is 2.00 e. The monoisotopic (exact) mass is 461 g/mol. The van der Waals surface area contributed by atoms with E-state index in [1.165, 1.54) is 0 Å². The van der Waals surface area contributed by atoms with Crippen molar-refractivity contribution in [3.05, 3.63) is 41.7 Å². The van der Waals surface area contributed by atoms with Crippen molar-refractivity contribution in [1.82, 2.24) is 9.38 Å². The van der Waals surface area contributed by atoms with Gasteiger partial charge in [-0.25, -0.2) is 23.7 Å². The number of pyridine rings is 1. The maximum atomic E-state index is 5.76. The van der Waals surface area contributed by atoms with Crippen LogP contribution in [0, 0.1) is 43.6 Å². The summed E-state index contributed by atoms with van der Waals surface area (Å²) in [6.07, 6.45) is 5.62. The summed E-state index contributed by atoms with van der Waals surface area (Å²) in [7, 11) is 0. The molecule has 0 saturated heterocycles. The third kappa shape index (κ3) is 4.47. The minimum atomic E-state index is 0. The molecule has 0 aliphatic heterocycles. The first-order valence-corrected chi connectivity index (χ1v) is 5.08. The molecule has 0 bridgehead atoms. The number of hydrogen-bond donors (Lipinski definition) is 1. The Morgan fingerprint density at radius 2 is 2.12 bits per heavy atom. The molecule has 84 valence electrons. The summed E-state index contributed by atoms with van der Waals surface area (Å²) < 4.78 is 1.81. The fourth-order valence-electron chi connectivity index (χ4n) is 1.05. The van der Waals surface area contributed by atoms with Crippen molar-refractivity contribution in [2.45, 2.75) is 20.4 Å². The Labute approximate surface area is 125 Å². The summed E-state index contributed by atoms with van der Waals surface area (Å²) in [5.74, 6) is 0. The largest absolute Gasteiger partial charge is 2.00 e. The zero-order valence-corrected chi connectivity index (χ0v) is 14.3. The quantitative estimate of drug-likeness (QED) is 0.663. The van der Waals surface area contributed by atoms with E-state index in [0.29, 0.717) is 11.6 Å². The zero-order chi connectivity index (χ0) is 11.3. The minimum absolute atomic E-state index is 0. The molecule has 0 aliphatic rings. The van der Waals surface area contributed by atoms with Gasteiger partial charge >= 0.3 is 31.1 Å². The van der Waals surface area contributed by atoms with Crippen molar-refractivity contribution in [3.8, 4) is 0 Å². The van der Waals surface area contributed by atoms with Crippen molar-refractivity contribution in [2.24, 2.45) is 5.73 Å². The van der Waals surface area contributed by atoms with Gasteiger partial charge in [0.25, 0.3) is 0 Å². The molecule has 2 N–H and O–H groups in total. The molecule has 0 amide bonds. The van der Waals surface area contributed by atoms with E-state index in [4.69, 9.17) is 17.3 Å². The first kappa shape index (κ1) is 16.0. The van der Waals surface area contributed by atoms with Gasteiger partial charge in [-0.1, -0.05) is 11.2 Å². The third-order valence-electron chi connectivity index (χ3n) is 1.59. The molecule has 2 rings (SSSR count). The first-order valence-electron chi connectivity index (χ1n) is 4.70. The van der Waals surface area contributed by atoms with Crippen molar-refractivity contribution in [3.63, 3.8) is 0 Å². The Morgan fingerprint density at radius 1 is 1.50 bits per heavy atom. The van der Waals surface area contributed by atoms with Gasteiger partial charge in [0.05, 0.1) is 5.69 Å². The van der Waals surface area contributed by atoms with E-state index in [1.807, 2.05) is 30.9 Å². The van der Waals surface area contributed by atoms with Crippen molar-refractivity contribution >= 4 is 17.2 Å². The van der Waals surface area contributed by atoms with Gasteiger partial charge in [0.15, 0.2) is 0 Å². The Hall–Kier alpha value is -0.00805. The molecule has 0 aliphatic carbocycles. The van der Waals surface area contributed by atoms with Crippen LogP contribution in [0.5, 0.6) is 0 Å². The number of nitrogens with zero attached hydrogens (tertiary/aromatic N) is 2. The zero-order valence-electron chi connectivity index (χ0n) is 9.37. The molecule has 0 unspecified atom stereocenters. The van der Waals surface area contributed by atoms with Gasteiger partial charge in [-0.3, -0.25) is 4.98 Å². The van der Waals surface area contributed by atoms with Crippen LogP contribution in [-0.4, -0.2) is 9.38 Å². The van der Waals surface area contributed by atoms with E-state index in [9.17, 15) is 0 Å². The van der Waals surface area contributed by atoms with E-state index in [2.05, 4.69) is 11.1 Å². The predicted molar refractivity (Wildman–Crippen MR) is 62.6 cm³/mol. The summed E-state index contributed by atoms with van der Waals surface area (Å²) in [6.45, 7) is 4.44. The molecule has 0 atom stereocenters. The summed E-state index contributed by atoms with van der Waals surface area (Å²) in [4.78, 5) is 4.20. The van der Waals surface area contributed by atoms with Gasteiger partial charge in [0.2, 0.25) is 0 Å². The average Bonchev–Trinajstić information content (AvgIpc) is 2.61. The normalized spacial score (nSPS) is 9.25. The standard InChI is InChI=1S/C8H7ClN3.C3H7.U/c9-6-1-2-8-11-7(3-10)5-12(8)4-6;1-3-2;/h1,4-5H,3,10H2;3H,1-2H3;/q2*-1;+2. The smallest absolute Gasteiger partial charge is 0.339 e. The number of aromatic nitrogens is 2. The first-order chi connectivity index (χ1) is 7.21. The van der Waals surface area contributed by atoms with Crippen LogP contribution in [0.4, 0.5) is 0 Å². The SMILES string of the molecule is C[CH-]C.NCc1cn2cc(Cl)c[c-]c2n1.[U+2]. The summed E-state index contributed by atoms with van der Waals surface area (Å²) >= 11 is 5.76. The number of imidazole rings is 1. The average molecular weight is 462 g/mol. The van der Waals surface area contributed by atoms with Crippen molar-refractivity contribution in [1.29, 1.82) is 0 Å². The van der Waals surface area contributed by atoms with E-state index >= 15 is 0 Å². The van der Waals surface area contributed by atoms with Crippen LogP contribution in [-0.2, 0) is 6.54 Å². The molecule has 5 heteroatoms. The van der Waals surface area contributed by atoms with Gasteiger partial charge in [0, 0.05) is 18.4 Å². The molecule has 0 fully saturated rings. The van der Waals surface area contributed by atoms with E-state index < -0.39 is 0 Å². The summed E-state index contributed by atoms with van der Waals surface area (Å²) in [5, 5.41) is 0.642. The number of nitrogens with two attached hydrogens (primary N) is 1. The van der Waals surface area contributed by atoms with Crippen LogP contribution in [0.25, 0.3) is 5.65 Å². The molecule has 16 heavy (non-hydrogen) atoms. The third-order valence-corrected chi connectivity index (χ3v) is 1.80. The van der Waals surface area contributed by atoms with Gasteiger partial charge in [0.1, 0.15) is 0 Å². The molecule has 3 nitrogen and oxygen atoms in total. The fraction of sp³-hybridized carbons (Fsp3) is 0.273. The second-order valence-corrected chi connectivity index (χ2v) is 3.48. The second kappa shape index (κ2) is 8.14. The van der Waals surface area contributed by atoms with Crippen LogP contribution in [0.15, 0.2) is 18.5 Å². The maximum absolute atomic E-state index is 5.76. The minimum Gasteiger partial charge on any atom is -0.339 e. The van der Waals surface area contributed by atoms with E-state index in [0.717, 1.165) is 11.3 Å². The van der Waals surface area contributed by atoms with Crippen LogP contribution in [0.2, 0.25) is 5.02 Å². The van der Waals surface area contributed by atoms with Gasteiger partial charge in [-0.15, -0.1) is 0 Å². The summed E-state index contributed by atoms with van der Waals surface area (Å²) in [6, 6.07) is 4.62. The molecule has 0 aromatic carbocycles. The number of rotatable bonds is 1. The van der Waals surface area contributed by atoms with Crippen LogP contribution in [0.1, 0.15) is 19.5 Å². The molecular weight excluding hydrogens is 448 g/mol. The topological polar surface area (TPSA) is 43.3 Å². The molecule has 0 saturated carbocycles. The molecule has 2 heterocycles.